The second-order valence-electron chi connectivity index (χ2n) is 6.60. The van der Waals surface area contributed by atoms with Gasteiger partial charge >= 0.3 is 5.97 Å². The molecule has 1 heterocycles. The van der Waals surface area contributed by atoms with Crippen LogP contribution in [0, 0.1) is 0 Å². The van der Waals surface area contributed by atoms with Crippen molar-refractivity contribution in [3.8, 4) is 0 Å². The summed E-state index contributed by atoms with van der Waals surface area (Å²) in [5.41, 5.74) is 0.200. The van der Waals surface area contributed by atoms with Crippen molar-refractivity contribution in [1.29, 1.82) is 0 Å². The van der Waals surface area contributed by atoms with Gasteiger partial charge in [-0.25, -0.2) is 0 Å². The van der Waals surface area contributed by atoms with Gasteiger partial charge in [0.2, 0.25) is 5.91 Å². The van der Waals surface area contributed by atoms with Crippen molar-refractivity contribution in [2.24, 2.45) is 0 Å². The molecule has 0 aliphatic carbocycles. The molecule has 0 aromatic heterocycles. The van der Waals surface area contributed by atoms with E-state index in [9.17, 15) is 9.59 Å². The van der Waals surface area contributed by atoms with E-state index in [0.29, 0.717) is 19.3 Å². The fraction of sp³-hybridized carbons (Fsp3) is 0.867. The molecule has 0 unspecified atom stereocenters. The maximum atomic E-state index is 11.8. The summed E-state index contributed by atoms with van der Waals surface area (Å²) in [6.45, 7) is 8.69. The van der Waals surface area contributed by atoms with Crippen molar-refractivity contribution >= 4 is 11.9 Å². The first-order valence-corrected chi connectivity index (χ1v) is 7.55. The number of likely N-dealkylation sites (tertiary alicyclic amines) is 1. The number of carboxylic acid groups (broad SMARTS) is 1. The number of hydrogen-bond acceptors (Lipinski definition) is 3. The van der Waals surface area contributed by atoms with E-state index in [-0.39, 0.29) is 23.9 Å². The summed E-state index contributed by atoms with van der Waals surface area (Å²) in [5, 5.41) is 11.6. The highest BCUT2D eigenvalue weighted by Gasteiger charge is 2.27. The first-order chi connectivity index (χ1) is 9.29. The number of carbonyl (C=O) groups is 2. The van der Waals surface area contributed by atoms with Crippen LogP contribution in [-0.2, 0) is 9.59 Å². The van der Waals surface area contributed by atoms with Crippen LogP contribution in [-0.4, -0.2) is 46.6 Å². The van der Waals surface area contributed by atoms with Crippen LogP contribution in [0.1, 0.15) is 59.3 Å². The summed E-state index contributed by atoms with van der Waals surface area (Å²) in [7, 11) is 0. The van der Waals surface area contributed by atoms with Crippen molar-refractivity contribution in [1.82, 2.24) is 10.2 Å². The van der Waals surface area contributed by atoms with Crippen molar-refractivity contribution in [3.05, 3.63) is 0 Å². The zero-order valence-electron chi connectivity index (χ0n) is 12.9. The highest BCUT2D eigenvalue weighted by atomic mass is 16.4. The molecule has 0 aromatic carbocycles. The minimum atomic E-state index is -0.792. The van der Waals surface area contributed by atoms with Crippen LogP contribution in [0.15, 0.2) is 0 Å². The summed E-state index contributed by atoms with van der Waals surface area (Å²) in [6.07, 6.45) is 3.81. The third kappa shape index (κ3) is 6.37. The standard InChI is InChI=1S/C15H28N2O3/c1-15(2,3)17-10-8-12(9-11-17)16-13(18)6-4-5-7-14(19)20/h12H,4-11H2,1-3H3,(H,16,18)(H,19,20). The summed E-state index contributed by atoms with van der Waals surface area (Å²) in [4.78, 5) is 24.6. The monoisotopic (exact) mass is 284 g/mol. The molecule has 1 rings (SSSR count). The average molecular weight is 284 g/mol. The fourth-order valence-electron chi connectivity index (χ4n) is 2.56. The molecule has 5 heteroatoms. The number of hydrogen-bond donors (Lipinski definition) is 2. The molecule has 1 saturated heterocycles. The van der Waals surface area contributed by atoms with E-state index in [1.54, 1.807) is 0 Å². The predicted octanol–water partition coefficient (Wildman–Crippen LogP) is 2.01. The highest BCUT2D eigenvalue weighted by molar-refractivity contribution is 5.76. The normalized spacial score (nSPS) is 17.9. The Morgan fingerprint density at radius 2 is 1.70 bits per heavy atom. The topological polar surface area (TPSA) is 69.6 Å². The average Bonchev–Trinajstić information content (AvgIpc) is 2.34. The molecule has 0 saturated carbocycles. The zero-order valence-corrected chi connectivity index (χ0v) is 12.9. The maximum absolute atomic E-state index is 11.8. The molecule has 2 N–H and O–H groups in total. The largest absolute Gasteiger partial charge is 0.481 e. The Bertz CT molecular complexity index is 329. The van der Waals surface area contributed by atoms with Crippen LogP contribution >= 0.6 is 0 Å². The Morgan fingerprint density at radius 3 is 2.20 bits per heavy atom. The molecule has 0 atom stereocenters. The number of unbranched alkanes of at least 4 members (excludes halogenated alkanes) is 1. The fourth-order valence-corrected chi connectivity index (χ4v) is 2.56. The lowest BCUT2D eigenvalue weighted by Gasteiger charge is -2.41. The van der Waals surface area contributed by atoms with Gasteiger partial charge in [-0.2, -0.15) is 0 Å². The Labute approximate surface area is 121 Å². The molecule has 0 aromatic rings. The summed E-state index contributed by atoms with van der Waals surface area (Å²) in [6, 6.07) is 0.278. The summed E-state index contributed by atoms with van der Waals surface area (Å²) < 4.78 is 0. The number of nitrogens with zero attached hydrogens (tertiary/aromatic N) is 1. The van der Waals surface area contributed by atoms with E-state index >= 15 is 0 Å². The summed E-state index contributed by atoms with van der Waals surface area (Å²) in [5.74, 6) is -0.732. The number of nitrogens with one attached hydrogen (secondary N) is 1. The number of piperidine rings is 1. The second kappa shape index (κ2) is 7.62. The lowest BCUT2D eigenvalue weighted by molar-refractivity contribution is -0.137. The van der Waals surface area contributed by atoms with E-state index in [0.717, 1.165) is 25.9 Å². The van der Waals surface area contributed by atoms with Crippen LogP contribution in [0.2, 0.25) is 0 Å². The van der Waals surface area contributed by atoms with Gasteiger partial charge in [-0.1, -0.05) is 0 Å². The van der Waals surface area contributed by atoms with Gasteiger partial charge in [-0.3, -0.25) is 14.5 Å². The van der Waals surface area contributed by atoms with Crippen LogP contribution < -0.4 is 5.32 Å². The third-order valence-electron chi connectivity index (χ3n) is 3.85. The maximum Gasteiger partial charge on any atom is 0.303 e. The molecule has 0 bridgehead atoms. The van der Waals surface area contributed by atoms with Crippen LogP contribution in [0.25, 0.3) is 0 Å². The van der Waals surface area contributed by atoms with E-state index < -0.39 is 5.97 Å². The van der Waals surface area contributed by atoms with Gasteiger partial charge < -0.3 is 10.4 Å². The number of carbonyl (C=O) groups excluding carboxylic acids is 1. The van der Waals surface area contributed by atoms with Gasteiger partial charge in [0.25, 0.3) is 0 Å². The first-order valence-electron chi connectivity index (χ1n) is 7.55. The summed E-state index contributed by atoms with van der Waals surface area (Å²) >= 11 is 0. The van der Waals surface area contributed by atoms with Gasteiger partial charge in [0.1, 0.15) is 0 Å². The predicted molar refractivity (Wildman–Crippen MR) is 78.6 cm³/mol. The lowest BCUT2D eigenvalue weighted by Crippen LogP contribution is -2.50. The highest BCUT2D eigenvalue weighted by Crippen LogP contribution is 2.20. The molecule has 0 radical (unpaired) electrons. The van der Waals surface area contributed by atoms with Crippen LogP contribution in [0.5, 0.6) is 0 Å². The molecule has 116 valence electrons. The Morgan fingerprint density at radius 1 is 1.15 bits per heavy atom. The van der Waals surface area contributed by atoms with Gasteiger partial charge in [-0.05, 0) is 46.5 Å². The molecular weight excluding hydrogens is 256 g/mol. The molecule has 20 heavy (non-hydrogen) atoms. The molecule has 0 spiro atoms. The second-order valence-corrected chi connectivity index (χ2v) is 6.60. The lowest BCUT2D eigenvalue weighted by atomic mass is 9.98. The minimum Gasteiger partial charge on any atom is -0.481 e. The van der Waals surface area contributed by atoms with Crippen LogP contribution in [0.4, 0.5) is 0 Å². The number of carboxylic acids is 1. The first kappa shape index (κ1) is 17.0. The molecule has 1 aliphatic rings. The minimum absolute atomic E-state index is 0.0598. The van der Waals surface area contributed by atoms with E-state index in [1.807, 2.05) is 0 Å². The molecule has 1 amide bonds. The van der Waals surface area contributed by atoms with Gasteiger partial charge in [0.15, 0.2) is 0 Å². The van der Waals surface area contributed by atoms with E-state index in [2.05, 4.69) is 31.0 Å². The van der Waals surface area contributed by atoms with Gasteiger partial charge in [0, 0.05) is 37.5 Å². The quantitative estimate of drug-likeness (QED) is 0.732. The van der Waals surface area contributed by atoms with E-state index in [1.165, 1.54) is 0 Å². The smallest absolute Gasteiger partial charge is 0.303 e. The van der Waals surface area contributed by atoms with Crippen molar-refractivity contribution < 1.29 is 14.7 Å². The number of aliphatic carboxylic acids is 1. The van der Waals surface area contributed by atoms with Gasteiger partial charge in [0.05, 0.1) is 0 Å². The van der Waals surface area contributed by atoms with Crippen molar-refractivity contribution in [3.63, 3.8) is 0 Å². The van der Waals surface area contributed by atoms with Crippen molar-refractivity contribution in [2.45, 2.75) is 70.9 Å². The molecule has 5 nitrogen and oxygen atoms in total. The number of rotatable bonds is 6. The third-order valence-corrected chi connectivity index (χ3v) is 3.85. The molecule has 1 fully saturated rings. The Hall–Kier alpha value is -1.10. The molecule has 1 aliphatic heterocycles. The number of amides is 1. The molecular formula is C15H28N2O3. The zero-order chi connectivity index (χ0) is 15.2. The SMILES string of the molecule is CC(C)(C)N1CCC(NC(=O)CCCCC(=O)O)CC1. The van der Waals surface area contributed by atoms with E-state index in [4.69, 9.17) is 5.11 Å². The Kier molecular flexibility index (Phi) is 6.46. The van der Waals surface area contributed by atoms with Crippen LogP contribution in [0.3, 0.4) is 0 Å². The Balaban J connectivity index is 2.17. The van der Waals surface area contributed by atoms with Gasteiger partial charge in [-0.15, -0.1) is 0 Å². The van der Waals surface area contributed by atoms with Crippen molar-refractivity contribution in [2.75, 3.05) is 13.1 Å².